The summed E-state index contributed by atoms with van der Waals surface area (Å²) in [6.45, 7) is 3.11. The Morgan fingerprint density at radius 1 is 1.00 bits per heavy atom. The molecule has 0 saturated carbocycles. The molecular weight excluding hydrogens is 434 g/mol. The molecular formula is C25H23N5O2S. The molecule has 2 aromatic carbocycles. The summed E-state index contributed by atoms with van der Waals surface area (Å²) < 4.78 is 2.14. The molecule has 7 nitrogen and oxygen atoms in total. The van der Waals surface area contributed by atoms with E-state index in [-0.39, 0.29) is 17.9 Å². The van der Waals surface area contributed by atoms with Gasteiger partial charge in [0.15, 0.2) is 5.01 Å². The first kappa shape index (κ1) is 20.1. The number of amides is 2. The van der Waals surface area contributed by atoms with E-state index in [0.29, 0.717) is 11.0 Å². The second kappa shape index (κ2) is 8.13. The van der Waals surface area contributed by atoms with Crippen LogP contribution >= 0.6 is 11.3 Å². The lowest BCUT2D eigenvalue weighted by molar-refractivity contribution is -0.00940. The highest BCUT2D eigenvalue weighted by molar-refractivity contribution is 7.11. The van der Waals surface area contributed by atoms with Crippen molar-refractivity contribution < 1.29 is 9.59 Å². The fourth-order valence-electron chi connectivity index (χ4n) is 4.61. The van der Waals surface area contributed by atoms with Crippen molar-refractivity contribution in [3.8, 4) is 5.69 Å². The summed E-state index contributed by atoms with van der Waals surface area (Å²) in [4.78, 5) is 33.4. The van der Waals surface area contributed by atoms with Crippen molar-refractivity contribution in [2.24, 2.45) is 0 Å². The molecule has 33 heavy (non-hydrogen) atoms. The molecule has 6 rings (SSSR count). The van der Waals surface area contributed by atoms with Crippen LogP contribution in [0.15, 0.2) is 72.4 Å². The number of carbonyl (C=O) groups excluding carboxylic acids is 2. The molecule has 2 aliphatic heterocycles. The molecule has 4 aromatic rings. The number of nitrogens with one attached hydrogen (secondary N) is 1. The van der Waals surface area contributed by atoms with Crippen molar-refractivity contribution in [1.29, 1.82) is 0 Å². The predicted octanol–water partition coefficient (Wildman–Crippen LogP) is 3.03. The summed E-state index contributed by atoms with van der Waals surface area (Å²) in [5.41, 5.74) is 2.92. The minimum Gasteiger partial charge on any atom is -0.345 e. The normalized spacial score (nSPS) is 17.0. The number of hydrogen-bond donors (Lipinski definition) is 1. The first-order valence-electron chi connectivity index (χ1n) is 11.1. The largest absolute Gasteiger partial charge is 0.345 e. The van der Waals surface area contributed by atoms with Crippen molar-refractivity contribution in [2.45, 2.75) is 12.1 Å². The third kappa shape index (κ3) is 3.71. The Kier molecular flexibility index (Phi) is 4.96. The van der Waals surface area contributed by atoms with Crippen LogP contribution in [0, 0.1) is 0 Å². The number of hydrogen-bond acceptors (Lipinski definition) is 5. The van der Waals surface area contributed by atoms with E-state index in [1.54, 1.807) is 11.6 Å². The van der Waals surface area contributed by atoms with Gasteiger partial charge in [-0.05, 0) is 36.4 Å². The molecule has 0 unspecified atom stereocenters. The van der Waals surface area contributed by atoms with Gasteiger partial charge in [0.1, 0.15) is 0 Å². The van der Waals surface area contributed by atoms with Gasteiger partial charge in [-0.2, -0.15) is 0 Å². The molecule has 0 atom stereocenters. The number of rotatable bonds is 5. The van der Waals surface area contributed by atoms with Gasteiger partial charge >= 0.3 is 0 Å². The summed E-state index contributed by atoms with van der Waals surface area (Å²) in [6, 6.07) is 18.7. The van der Waals surface area contributed by atoms with Gasteiger partial charge in [-0.15, -0.1) is 11.3 Å². The van der Waals surface area contributed by atoms with Gasteiger partial charge in [0, 0.05) is 66.6 Å². The molecule has 8 heteroatoms. The Labute approximate surface area is 195 Å². The molecule has 2 aromatic heterocycles. The maximum absolute atomic E-state index is 13.0. The van der Waals surface area contributed by atoms with Crippen LogP contribution < -0.4 is 5.32 Å². The summed E-state index contributed by atoms with van der Waals surface area (Å²) in [5, 5.41) is 6.39. The number of nitrogens with zero attached hydrogens (tertiary/aromatic N) is 4. The number of fused-ring (bicyclic) bond motifs is 1. The second-order valence-electron chi connectivity index (χ2n) is 8.62. The van der Waals surface area contributed by atoms with E-state index in [2.05, 4.69) is 38.0 Å². The number of thiazole rings is 1. The van der Waals surface area contributed by atoms with E-state index in [9.17, 15) is 9.59 Å². The molecule has 0 bridgehead atoms. The third-order valence-corrected chi connectivity index (χ3v) is 7.28. The molecule has 2 saturated heterocycles. The van der Waals surface area contributed by atoms with Crippen molar-refractivity contribution >= 4 is 34.1 Å². The molecule has 2 amide bonds. The number of carbonyl (C=O) groups is 2. The molecule has 1 N–H and O–H groups in total. The van der Waals surface area contributed by atoms with Crippen LogP contribution in [0.3, 0.4) is 0 Å². The minimum atomic E-state index is -0.100. The quantitative estimate of drug-likeness (QED) is 0.500. The lowest BCUT2D eigenvalue weighted by Gasteiger charge is -2.51. The number of likely N-dealkylation sites (tertiary alicyclic amines) is 2. The monoisotopic (exact) mass is 457 g/mol. The van der Waals surface area contributed by atoms with Crippen molar-refractivity contribution in [2.75, 3.05) is 26.2 Å². The zero-order valence-electron chi connectivity index (χ0n) is 17.9. The van der Waals surface area contributed by atoms with Gasteiger partial charge in [-0.1, -0.05) is 18.2 Å². The number of benzene rings is 2. The molecule has 0 spiro atoms. The third-order valence-electron chi connectivity index (χ3n) is 6.51. The van der Waals surface area contributed by atoms with E-state index in [1.165, 1.54) is 11.3 Å². The topological polar surface area (TPSA) is 70.5 Å². The van der Waals surface area contributed by atoms with E-state index in [1.807, 2.05) is 47.5 Å². The van der Waals surface area contributed by atoms with Crippen molar-refractivity contribution in [1.82, 2.24) is 24.7 Å². The Bertz CT molecular complexity index is 1310. The van der Waals surface area contributed by atoms with E-state index >= 15 is 0 Å². The molecule has 4 heterocycles. The first-order chi connectivity index (χ1) is 16.2. The Hall–Kier alpha value is -3.49. The van der Waals surface area contributed by atoms with Gasteiger partial charge < -0.3 is 14.8 Å². The van der Waals surface area contributed by atoms with Crippen LogP contribution in [0.25, 0.3) is 16.6 Å². The summed E-state index contributed by atoms with van der Waals surface area (Å²) in [6.07, 6.45) is 3.69. The van der Waals surface area contributed by atoms with Crippen LogP contribution in [-0.4, -0.2) is 69.4 Å². The lowest BCUT2D eigenvalue weighted by atomic mass is 9.98. The Morgan fingerprint density at radius 3 is 2.58 bits per heavy atom. The van der Waals surface area contributed by atoms with E-state index < -0.39 is 0 Å². The maximum Gasteiger partial charge on any atom is 0.280 e. The zero-order valence-corrected chi connectivity index (χ0v) is 18.7. The summed E-state index contributed by atoms with van der Waals surface area (Å²) >= 11 is 1.35. The Morgan fingerprint density at radius 2 is 1.82 bits per heavy atom. The molecule has 0 radical (unpaired) electrons. The van der Waals surface area contributed by atoms with Gasteiger partial charge in [0.25, 0.3) is 11.8 Å². The zero-order chi connectivity index (χ0) is 22.4. The fraction of sp³-hybridized carbons (Fsp3) is 0.240. The molecule has 2 fully saturated rings. The fourth-order valence-corrected chi connectivity index (χ4v) is 5.15. The van der Waals surface area contributed by atoms with Gasteiger partial charge in [0.2, 0.25) is 0 Å². The predicted molar refractivity (Wildman–Crippen MR) is 128 cm³/mol. The number of para-hydroxylation sites is 1. The average Bonchev–Trinajstić information content (AvgIpc) is 3.46. The van der Waals surface area contributed by atoms with Crippen LogP contribution in [0.4, 0.5) is 0 Å². The van der Waals surface area contributed by atoms with Gasteiger partial charge in [-0.25, -0.2) is 4.98 Å². The lowest BCUT2D eigenvalue weighted by Crippen LogP contribution is -2.70. The standard InChI is InChI=1S/C25H23N5O2S/c31-23(24-26-9-11-33-24)27-19-13-28(14-19)21-15-29(16-21)25(32)18-6-7-22-17(12-18)8-10-30(22)20-4-2-1-3-5-20/h1-12,19,21H,13-16H2,(H,27,31). The smallest absolute Gasteiger partial charge is 0.280 e. The average molecular weight is 458 g/mol. The highest BCUT2D eigenvalue weighted by Crippen LogP contribution is 2.26. The summed E-state index contributed by atoms with van der Waals surface area (Å²) in [5.74, 6) is -0.0219. The maximum atomic E-state index is 13.0. The molecule has 0 aliphatic carbocycles. The van der Waals surface area contributed by atoms with Crippen LogP contribution in [0.2, 0.25) is 0 Å². The highest BCUT2D eigenvalue weighted by Gasteiger charge is 2.41. The van der Waals surface area contributed by atoms with Crippen molar-refractivity contribution in [3.63, 3.8) is 0 Å². The van der Waals surface area contributed by atoms with E-state index in [4.69, 9.17) is 0 Å². The highest BCUT2D eigenvalue weighted by atomic mass is 32.1. The van der Waals surface area contributed by atoms with Crippen molar-refractivity contribution in [3.05, 3.63) is 82.9 Å². The van der Waals surface area contributed by atoms with Gasteiger partial charge in [-0.3, -0.25) is 14.5 Å². The van der Waals surface area contributed by atoms with Crippen LogP contribution in [-0.2, 0) is 0 Å². The van der Waals surface area contributed by atoms with Crippen LogP contribution in [0.1, 0.15) is 20.2 Å². The molecule has 2 aliphatic rings. The SMILES string of the molecule is O=C(NC1CN(C2CN(C(=O)c3ccc4c(ccn4-c4ccccc4)c3)C2)C1)c1nccs1. The first-order valence-corrected chi connectivity index (χ1v) is 11.9. The minimum absolute atomic E-state index is 0.0785. The van der Waals surface area contributed by atoms with E-state index in [0.717, 1.165) is 48.3 Å². The number of aromatic nitrogens is 2. The van der Waals surface area contributed by atoms with Gasteiger partial charge in [0.05, 0.1) is 11.6 Å². The van der Waals surface area contributed by atoms with Crippen LogP contribution in [0.5, 0.6) is 0 Å². The second-order valence-corrected chi connectivity index (χ2v) is 9.51. The molecule has 166 valence electrons. The Balaban J connectivity index is 1.04. The summed E-state index contributed by atoms with van der Waals surface area (Å²) in [7, 11) is 0.